The maximum Gasteiger partial charge on any atom is 0.0462 e. The van der Waals surface area contributed by atoms with Gasteiger partial charge in [0.1, 0.15) is 0 Å². The third-order valence-corrected chi connectivity index (χ3v) is 12.1. The molecule has 260 valence electrons. The van der Waals surface area contributed by atoms with Crippen molar-refractivity contribution in [2.24, 2.45) is 0 Å². The Hall–Kier alpha value is -5.66. The summed E-state index contributed by atoms with van der Waals surface area (Å²) in [5, 5.41) is 0. The molecule has 0 spiro atoms. The van der Waals surface area contributed by atoms with Gasteiger partial charge in [0.2, 0.25) is 0 Å². The topological polar surface area (TPSA) is 3.24 Å². The van der Waals surface area contributed by atoms with E-state index in [9.17, 15) is 0 Å². The lowest BCUT2D eigenvalue weighted by Gasteiger charge is -2.28. The van der Waals surface area contributed by atoms with Gasteiger partial charge in [-0.2, -0.15) is 0 Å². The van der Waals surface area contributed by atoms with E-state index in [0.29, 0.717) is 0 Å². The first kappa shape index (κ1) is 33.2. The Kier molecular flexibility index (Phi) is 7.48. The predicted octanol–water partition coefficient (Wildman–Crippen LogP) is 14.4. The maximum atomic E-state index is 2.41. The fourth-order valence-electron chi connectivity index (χ4n) is 9.12. The van der Waals surface area contributed by atoms with E-state index >= 15 is 0 Å². The van der Waals surface area contributed by atoms with E-state index < -0.39 is 0 Å². The summed E-state index contributed by atoms with van der Waals surface area (Å²) < 4.78 is 0. The molecule has 7 aromatic rings. The van der Waals surface area contributed by atoms with Crippen LogP contribution in [0.4, 0.5) is 17.1 Å². The molecule has 0 heterocycles. The zero-order chi connectivity index (χ0) is 36.7. The molecule has 9 rings (SSSR count). The standard InChI is InChI=1S/C52H47N/c1-50(2,3)37-24-30-40(31-25-37)53(38-26-19-34(20-27-38)36-23-32-44-42-13-8-10-17-46(42)51(4,5)48(44)33-36)39-28-21-35(22-29-39)41-15-12-16-45-43-14-9-11-18-47(43)52(6,7)49(41)45/h8-33H,1-7H3. The maximum absolute atomic E-state index is 2.41. The molecule has 0 aromatic heterocycles. The van der Waals surface area contributed by atoms with Crippen molar-refractivity contribution in [3.8, 4) is 44.5 Å². The molecule has 0 aliphatic heterocycles. The lowest BCUT2D eigenvalue weighted by molar-refractivity contribution is 0.590. The van der Waals surface area contributed by atoms with E-state index in [1.54, 1.807) is 0 Å². The van der Waals surface area contributed by atoms with Gasteiger partial charge in [0.25, 0.3) is 0 Å². The zero-order valence-corrected chi connectivity index (χ0v) is 32.0. The summed E-state index contributed by atoms with van der Waals surface area (Å²) in [6, 6.07) is 59.0. The van der Waals surface area contributed by atoms with Gasteiger partial charge in [-0.1, -0.05) is 164 Å². The molecule has 0 atom stereocenters. The van der Waals surface area contributed by atoms with Crippen molar-refractivity contribution >= 4 is 17.1 Å². The minimum atomic E-state index is -0.0671. The molecule has 2 aliphatic rings. The second kappa shape index (κ2) is 11.9. The lowest BCUT2D eigenvalue weighted by Crippen LogP contribution is -2.16. The van der Waals surface area contributed by atoms with Crippen molar-refractivity contribution in [2.45, 2.75) is 64.7 Å². The monoisotopic (exact) mass is 685 g/mol. The average molecular weight is 686 g/mol. The van der Waals surface area contributed by atoms with E-state index in [1.807, 2.05) is 0 Å². The summed E-state index contributed by atoms with van der Waals surface area (Å²) >= 11 is 0. The van der Waals surface area contributed by atoms with Gasteiger partial charge in [-0.25, -0.2) is 0 Å². The molecule has 0 unspecified atom stereocenters. The van der Waals surface area contributed by atoms with Crippen LogP contribution in [0.15, 0.2) is 158 Å². The van der Waals surface area contributed by atoms with Crippen LogP contribution in [0.1, 0.15) is 76.3 Å². The first-order valence-electron chi connectivity index (χ1n) is 19.0. The van der Waals surface area contributed by atoms with Gasteiger partial charge in [0.15, 0.2) is 0 Å². The molecular weight excluding hydrogens is 639 g/mol. The van der Waals surface area contributed by atoms with Crippen molar-refractivity contribution in [3.63, 3.8) is 0 Å². The van der Waals surface area contributed by atoms with Crippen LogP contribution in [0.2, 0.25) is 0 Å². The van der Waals surface area contributed by atoms with Gasteiger partial charge in [-0.15, -0.1) is 0 Å². The van der Waals surface area contributed by atoms with E-state index in [2.05, 4.69) is 211 Å². The molecule has 0 saturated carbocycles. The SMILES string of the molecule is CC(C)(C)c1ccc(N(c2ccc(-c3ccc4c(c3)C(C)(C)c3ccccc3-4)cc2)c2ccc(-c3cccc4c3C(C)(C)c3ccccc3-4)cc2)cc1. The highest BCUT2D eigenvalue weighted by Crippen LogP contribution is 2.53. The molecule has 0 saturated heterocycles. The van der Waals surface area contributed by atoms with E-state index in [0.717, 1.165) is 17.1 Å². The van der Waals surface area contributed by atoms with Crippen LogP contribution in [-0.4, -0.2) is 0 Å². The van der Waals surface area contributed by atoms with Gasteiger partial charge in [0.05, 0.1) is 0 Å². The highest BCUT2D eigenvalue weighted by Gasteiger charge is 2.37. The normalized spacial score (nSPS) is 14.6. The van der Waals surface area contributed by atoms with Crippen LogP contribution in [0, 0.1) is 0 Å². The fourth-order valence-corrected chi connectivity index (χ4v) is 9.12. The first-order valence-corrected chi connectivity index (χ1v) is 19.0. The highest BCUT2D eigenvalue weighted by atomic mass is 15.1. The summed E-state index contributed by atoms with van der Waals surface area (Å²) in [5.74, 6) is 0. The van der Waals surface area contributed by atoms with Crippen LogP contribution in [0.3, 0.4) is 0 Å². The number of nitrogens with zero attached hydrogens (tertiary/aromatic N) is 1. The van der Waals surface area contributed by atoms with Crippen LogP contribution >= 0.6 is 0 Å². The van der Waals surface area contributed by atoms with Gasteiger partial charge in [-0.05, 0) is 120 Å². The number of anilines is 3. The molecular formula is C52H47N. The Labute approximate surface area is 315 Å². The predicted molar refractivity (Wildman–Crippen MR) is 226 cm³/mol. The third kappa shape index (κ3) is 5.28. The molecule has 53 heavy (non-hydrogen) atoms. The minimum absolute atomic E-state index is 0.0242. The number of rotatable bonds is 5. The number of hydrogen-bond donors (Lipinski definition) is 0. The van der Waals surface area contributed by atoms with E-state index in [4.69, 9.17) is 0 Å². The van der Waals surface area contributed by atoms with Gasteiger partial charge in [-0.3, -0.25) is 0 Å². The molecule has 1 heteroatoms. The lowest BCUT2D eigenvalue weighted by atomic mass is 9.79. The van der Waals surface area contributed by atoms with Crippen LogP contribution in [-0.2, 0) is 16.2 Å². The Morgan fingerprint density at radius 1 is 0.377 bits per heavy atom. The second-order valence-corrected chi connectivity index (χ2v) is 17.1. The Morgan fingerprint density at radius 2 is 0.830 bits per heavy atom. The average Bonchev–Trinajstić information content (AvgIpc) is 3.55. The van der Waals surface area contributed by atoms with Crippen LogP contribution in [0.5, 0.6) is 0 Å². The van der Waals surface area contributed by atoms with Crippen molar-refractivity contribution in [2.75, 3.05) is 4.90 Å². The summed E-state index contributed by atoms with van der Waals surface area (Å²) in [5.41, 5.74) is 20.8. The second-order valence-electron chi connectivity index (χ2n) is 17.1. The van der Waals surface area contributed by atoms with Crippen molar-refractivity contribution < 1.29 is 0 Å². The number of hydrogen-bond acceptors (Lipinski definition) is 1. The molecule has 0 bridgehead atoms. The van der Waals surface area contributed by atoms with Crippen LogP contribution in [0.25, 0.3) is 44.5 Å². The van der Waals surface area contributed by atoms with Crippen molar-refractivity contribution in [1.29, 1.82) is 0 Å². The first-order chi connectivity index (χ1) is 25.4. The molecule has 2 aliphatic carbocycles. The van der Waals surface area contributed by atoms with Gasteiger partial charge < -0.3 is 4.90 Å². The summed E-state index contributed by atoms with van der Waals surface area (Å²) in [7, 11) is 0. The fraction of sp³-hybridized carbons (Fsp3) is 0.192. The van der Waals surface area contributed by atoms with Gasteiger partial charge in [0, 0.05) is 27.9 Å². The molecule has 7 aromatic carbocycles. The smallest absolute Gasteiger partial charge is 0.0462 e. The van der Waals surface area contributed by atoms with Crippen molar-refractivity contribution in [3.05, 3.63) is 186 Å². The number of fused-ring (bicyclic) bond motifs is 6. The highest BCUT2D eigenvalue weighted by molar-refractivity contribution is 5.89. The third-order valence-electron chi connectivity index (χ3n) is 12.1. The Balaban J connectivity index is 1.09. The Morgan fingerprint density at radius 3 is 1.43 bits per heavy atom. The molecule has 0 N–H and O–H groups in total. The summed E-state index contributed by atoms with van der Waals surface area (Å²) in [4.78, 5) is 2.39. The van der Waals surface area contributed by atoms with Crippen LogP contribution < -0.4 is 4.90 Å². The molecule has 0 amide bonds. The molecule has 0 radical (unpaired) electrons. The van der Waals surface area contributed by atoms with Gasteiger partial charge >= 0.3 is 0 Å². The quantitative estimate of drug-likeness (QED) is 0.174. The largest absolute Gasteiger partial charge is 0.311 e. The number of benzene rings is 7. The summed E-state index contributed by atoms with van der Waals surface area (Å²) in [6.45, 7) is 16.3. The Bertz CT molecular complexity index is 2510. The minimum Gasteiger partial charge on any atom is -0.311 e. The van der Waals surface area contributed by atoms with Crippen molar-refractivity contribution in [1.82, 2.24) is 0 Å². The van der Waals surface area contributed by atoms with E-state index in [-0.39, 0.29) is 16.2 Å². The molecule has 1 nitrogen and oxygen atoms in total. The summed E-state index contributed by atoms with van der Waals surface area (Å²) in [6.07, 6.45) is 0. The molecule has 0 fully saturated rings. The zero-order valence-electron chi connectivity index (χ0n) is 32.0. The van der Waals surface area contributed by atoms with E-state index in [1.165, 1.54) is 72.3 Å².